The lowest BCUT2D eigenvalue weighted by molar-refractivity contribution is 0.0925. The Hall–Kier alpha value is -1.25. The molecule has 1 amide bonds. The van der Waals surface area contributed by atoms with Crippen molar-refractivity contribution in [3.8, 4) is 0 Å². The Morgan fingerprint density at radius 3 is 2.74 bits per heavy atom. The Morgan fingerprint density at radius 2 is 2.17 bits per heavy atom. The summed E-state index contributed by atoms with van der Waals surface area (Å²) in [6.45, 7) is 8.25. The molecule has 1 saturated carbocycles. The van der Waals surface area contributed by atoms with Crippen LogP contribution in [0.25, 0.3) is 0 Å². The number of nitrogens with one attached hydrogen (secondary N) is 3. The monoisotopic (exact) mass is 434 g/mol. The number of guanidine groups is 1. The van der Waals surface area contributed by atoms with Gasteiger partial charge in [-0.1, -0.05) is 6.92 Å². The molecule has 1 heterocycles. The highest BCUT2D eigenvalue weighted by atomic mass is 127. The van der Waals surface area contributed by atoms with Crippen molar-refractivity contribution < 1.29 is 9.21 Å². The van der Waals surface area contributed by atoms with Gasteiger partial charge in [-0.15, -0.1) is 24.0 Å². The lowest BCUT2D eigenvalue weighted by Gasteiger charge is -2.10. The van der Waals surface area contributed by atoms with Crippen LogP contribution in [-0.4, -0.2) is 37.5 Å². The number of carbonyl (C=O) groups excluding carboxylic acids is 1. The maximum absolute atomic E-state index is 11.9. The molecule has 0 aliphatic heterocycles. The number of nitrogens with zero attached hydrogens (tertiary/aromatic N) is 1. The summed E-state index contributed by atoms with van der Waals surface area (Å²) in [5.74, 6) is 1.83. The van der Waals surface area contributed by atoms with Crippen LogP contribution in [0.2, 0.25) is 0 Å². The SMILES string of the molecule is CCNC(=NCCCNC(=O)c1occc1C)NC1CC1C.I. The largest absolute Gasteiger partial charge is 0.459 e. The van der Waals surface area contributed by atoms with E-state index in [2.05, 4.69) is 34.8 Å². The number of amides is 1. The third kappa shape index (κ3) is 6.40. The zero-order valence-corrected chi connectivity index (χ0v) is 16.3. The lowest BCUT2D eigenvalue weighted by Crippen LogP contribution is -2.39. The second-order valence-electron chi connectivity index (χ2n) is 5.77. The van der Waals surface area contributed by atoms with E-state index in [1.165, 1.54) is 12.7 Å². The summed E-state index contributed by atoms with van der Waals surface area (Å²) in [7, 11) is 0. The number of halogens is 1. The van der Waals surface area contributed by atoms with Crippen molar-refractivity contribution in [3.63, 3.8) is 0 Å². The molecule has 2 unspecified atom stereocenters. The molecule has 0 saturated heterocycles. The van der Waals surface area contributed by atoms with Crippen molar-refractivity contribution in [1.29, 1.82) is 0 Å². The predicted octanol–water partition coefficient (Wildman–Crippen LogP) is 2.29. The summed E-state index contributed by atoms with van der Waals surface area (Å²) in [5.41, 5.74) is 0.854. The molecule has 2 rings (SSSR count). The average Bonchev–Trinajstić information content (AvgIpc) is 2.99. The predicted molar refractivity (Wildman–Crippen MR) is 102 cm³/mol. The fourth-order valence-corrected chi connectivity index (χ4v) is 2.18. The zero-order valence-electron chi connectivity index (χ0n) is 14.0. The highest BCUT2D eigenvalue weighted by Crippen LogP contribution is 2.28. The van der Waals surface area contributed by atoms with E-state index in [1.54, 1.807) is 6.07 Å². The summed E-state index contributed by atoms with van der Waals surface area (Å²) >= 11 is 0. The minimum Gasteiger partial charge on any atom is -0.459 e. The summed E-state index contributed by atoms with van der Waals surface area (Å²) in [6.07, 6.45) is 3.53. The van der Waals surface area contributed by atoms with Crippen LogP contribution in [0.5, 0.6) is 0 Å². The maximum atomic E-state index is 11.9. The zero-order chi connectivity index (χ0) is 15.9. The lowest BCUT2D eigenvalue weighted by atomic mass is 10.2. The summed E-state index contributed by atoms with van der Waals surface area (Å²) in [5, 5.41) is 9.50. The summed E-state index contributed by atoms with van der Waals surface area (Å²) in [4.78, 5) is 16.4. The fraction of sp³-hybridized carbons (Fsp3) is 0.625. The van der Waals surface area contributed by atoms with Crippen LogP contribution in [0.15, 0.2) is 21.7 Å². The first-order chi connectivity index (χ1) is 10.6. The molecule has 0 spiro atoms. The van der Waals surface area contributed by atoms with E-state index in [0.717, 1.165) is 30.4 Å². The van der Waals surface area contributed by atoms with Crippen LogP contribution in [0.3, 0.4) is 0 Å². The van der Waals surface area contributed by atoms with Gasteiger partial charge in [0.25, 0.3) is 5.91 Å². The minimum absolute atomic E-state index is 0. The van der Waals surface area contributed by atoms with Gasteiger partial charge in [0.2, 0.25) is 0 Å². The van der Waals surface area contributed by atoms with Crippen molar-refractivity contribution >= 4 is 35.8 Å². The number of hydrogen-bond acceptors (Lipinski definition) is 3. The molecule has 0 bridgehead atoms. The van der Waals surface area contributed by atoms with Crippen LogP contribution in [0, 0.1) is 12.8 Å². The van der Waals surface area contributed by atoms with Gasteiger partial charge in [-0.05, 0) is 38.7 Å². The molecule has 6 nitrogen and oxygen atoms in total. The maximum Gasteiger partial charge on any atom is 0.287 e. The van der Waals surface area contributed by atoms with Crippen LogP contribution in [0.1, 0.15) is 42.8 Å². The van der Waals surface area contributed by atoms with Gasteiger partial charge < -0.3 is 20.4 Å². The van der Waals surface area contributed by atoms with Crippen molar-refractivity contribution in [1.82, 2.24) is 16.0 Å². The van der Waals surface area contributed by atoms with Crippen molar-refractivity contribution in [2.24, 2.45) is 10.9 Å². The normalized spacial score (nSPS) is 19.7. The van der Waals surface area contributed by atoms with Gasteiger partial charge in [-0.2, -0.15) is 0 Å². The summed E-state index contributed by atoms with van der Waals surface area (Å²) < 4.78 is 5.15. The quantitative estimate of drug-likeness (QED) is 0.266. The Morgan fingerprint density at radius 1 is 1.43 bits per heavy atom. The molecule has 0 radical (unpaired) electrons. The molecule has 7 heteroatoms. The first-order valence-corrected chi connectivity index (χ1v) is 7.99. The van der Waals surface area contributed by atoms with Crippen LogP contribution < -0.4 is 16.0 Å². The number of aryl methyl sites for hydroxylation is 1. The van der Waals surface area contributed by atoms with E-state index in [0.29, 0.717) is 24.9 Å². The van der Waals surface area contributed by atoms with Gasteiger partial charge in [0.05, 0.1) is 6.26 Å². The van der Waals surface area contributed by atoms with E-state index < -0.39 is 0 Å². The van der Waals surface area contributed by atoms with Gasteiger partial charge in [-0.3, -0.25) is 9.79 Å². The number of rotatable bonds is 7. The number of aliphatic imine (C=N–C) groups is 1. The number of furan rings is 1. The van der Waals surface area contributed by atoms with Gasteiger partial charge in [0, 0.05) is 31.2 Å². The first kappa shape index (κ1) is 19.8. The molecule has 0 aromatic carbocycles. The van der Waals surface area contributed by atoms with Crippen molar-refractivity contribution in [2.45, 2.75) is 39.7 Å². The first-order valence-electron chi connectivity index (χ1n) is 7.99. The van der Waals surface area contributed by atoms with E-state index in [4.69, 9.17) is 4.42 Å². The molecule has 2 atom stereocenters. The van der Waals surface area contributed by atoms with Gasteiger partial charge in [-0.25, -0.2) is 0 Å². The third-order valence-corrected chi connectivity index (χ3v) is 3.73. The van der Waals surface area contributed by atoms with Crippen molar-refractivity contribution in [3.05, 3.63) is 23.7 Å². The standard InChI is InChI=1S/C16H26N4O2.HI/c1-4-17-16(20-13-10-12(13)3)19-8-5-7-18-15(21)14-11(2)6-9-22-14;/h6,9,12-13H,4-5,7-8,10H2,1-3H3,(H,18,21)(H2,17,19,20);1H. The molecule has 1 aliphatic carbocycles. The van der Waals surface area contributed by atoms with E-state index in [-0.39, 0.29) is 29.9 Å². The average molecular weight is 434 g/mol. The Kier molecular flexibility index (Phi) is 8.43. The van der Waals surface area contributed by atoms with Gasteiger partial charge in [0.1, 0.15) is 0 Å². The van der Waals surface area contributed by atoms with Gasteiger partial charge >= 0.3 is 0 Å². The molecule has 3 N–H and O–H groups in total. The second kappa shape index (κ2) is 9.79. The Balaban J connectivity index is 0.00000264. The van der Waals surface area contributed by atoms with Gasteiger partial charge in [0.15, 0.2) is 11.7 Å². The highest BCUT2D eigenvalue weighted by molar-refractivity contribution is 14.0. The molecule has 130 valence electrons. The molecular weight excluding hydrogens is 407 g/mol. The van der Waals surface area contributed by atoms with E-state index in [1.807, 2.05) is 6.92 Å². The van der Waals surface area contributed by atoms with Crippen LogP contribution in [0.4, 0.5) is 0 Å². The Labute approximate surface area is 154 Å². The minimum atomic E-state index is -0.164. The van der Waals surface area contributed by atoms with Crippen LogP contribution >= 0.6 is 24.0 Å². The third-order valence-electron chi connectivity index (χ3n) is 3.73. The van der Waals surface area contributed by atoms with E-state index >= 15 is 0 Å². The molecular formula is C16H27IN4O2. The second-order valence-corrected chi connectivity index (χ2v) is 5.77. The summed E-state index contributed by atoms with van der Waals surface area (Å²) in [6, 6.07) is 2.34. The number of hydrogen-bond donors (Lipinski definition) is 3. The highest BCUT2D eigenvalue weighted by Gasteiger charge is 2.33. The fourth-order valence-electron chi connectivity index (χ4n) is 2.18. The smallest absolute Gasteiger partial charge is 0.287 e. The number of carbonyl (C=O) groups is 1. The molecule has 1 aromatic rings. The van der Waals surface area contributed by atoms with E-state index in [9.17, 15) is 4.79 Å². The topological polar surface area (TPSA) is 78.7 Å². The molecule has 23 heavy (non-hydrogen) atoms. The van der Waals surface area contributed by atoms with Crippen LogP contribution in [-0.2, 0) is 0 Å². The Bertz CT molecular complexity index is 530. The molecule has 1 aromatic heterocycles. The molecule has 1 aliphatic rings. The molecule has 1 fully saturated rings. The van der Waals surface area contributed by atoms with Crippen molar-refractivity contribution in [2.75, 3.05) is 19.6 Å².